The van der Waals surface area contributed by atoms with E-state index in [2.05, 4.69) is 21.2 Å². The number of nitrogens with two attached hydrogens (primary N) is 1. The first-order chi connectivity index (χ1) is 9.56. The highest BCUT2D eigenvalue weighted by Gasteiger charge is 2.06. The summed E-state index contributed by atoms with van der Waals surface area (Å²) in [5.41, 5.74) is 8.07. The number of amides is 1. The van der Waals surface area contributed by atoms with Crippen molar-refractivity contribution in [3.63, 3.8) is 0 Å². The highest BCUT2D eigenvalue weighted by molar-refractivity contribution is 9.10. The third-order valence-electron chi connectivity index (χ3n) is 2.76. The highest BCUT2D eigenvalue weighted by Crippen LogP contribution is 2.21. The van der Waals surface area contributed by atoms with E-state index in [-0.39, 0.29) is 12.5 Å². The van der Waals surface area contributed by atoms with Crippen molar-refractivity contribution in [3.8, 4) is 5.75 Å². The average molecular weight is 335 g/mol. The Balaban J connectivity index is 1.92. The van der Waals surface area contributed by atoms with Crippen molar-refractivity contribution in [1.29, 1.82) is 0 Å². The Hall–Kier alpha value is -2.01. The molecule has 0 heterocycles. The first-order valence-electron chi connectivity index (χ1n) is 6.09. The topological polar surface area (TPSA) is 64.3 Å². The van der Waals surface area contributed by atoms with Crippen molar-refractivity contribution in [3.05, 3.63) is 52.5 Å². The van der Waals surface area contributed by atoms with Crippen LogP contribution in [0, 0.1) is 6.92 Å². The molecule has 0 aliphatic rings. The number of halogens is 1. The summed E-state index contributed by atoms with van der Waals surface area (Å²) in [7, 11) is 0. The van der Waals surface area contributed by atoms with Crippen LogP contribution in [0.25, 0.3) is 0 Å². The minimum atomic E-state index is -0.216. The van der Waals surface area contributed by atoms with Crippen molar-refractivity contribution >= 4 is 33.2 Å². The minimum absolute atomic E-state index is 0.0509. The van der Waals surface area contributed by atoms with Crippen LogP contribution < -0.4 is 15.8 Å². The SMILES string of the molecule is Cc1cc(OCC(=O)Nc2ccccc2Br)ccc1N. The Bertz CT molecular complexity index is 629. The first kappa shape index (κ1) is 14.4. The molecular formula is C15H15BrN2O2. The number of para-hydroxylation sites is 1. The molecule has 0 bridgehead atoms. The highest BCUT2D eigenvalue weighted by atomic mass is 79.9. The van der Waals surface area contributed by atoms with Gasteiger partial charge in [-0.15, -0.1) is 0 Å². The second kappa shape index (κ2) is 6.43. The van der Waals surface area contributed by atoms with Crippen LogP contribution in [0.5, 0.6) is 5.75 Å². The zero-order chi connectivity index (χ0) is 14.5. The normalized spacial score (nSPS) is 10.1. The van der Waals surface area contributed by atoms with Gasteiger partial charge < -0.3 is 15.8 Å². The van der Waals surface area contributed by atoms with Gasteiger partial charge >= 0.3 is 0 Å². The molecule has 0 radical (unpaired) electrons. The van der Waals surface area contributed by atoms with Crippen molar-refractivity contribution in [2.24, 2.45) is 0 Å². The van der Waals surface area contributed by atoms with Crippen LogP contribution >= 0.6 is 15.9 Å². The van der Waals surface area contributed by atoms with Gasteiger partial charge in [0.2, 0.25) is 0 Å². The van der Waals surface area contributed by atoms with E-state index < -0.39 is 0 Å². The molecule has 0 atom stereocenters. The van der Waals surface area contributed by atoms with E-state index in [4.69, 9.17) is 10.5 Å². The predicted molar refractivity (Wildman–Crippen MR) is 83.9 cm³/mol. The zero-order valence-electron chi connectivity index (χ0n) is 11.0. The Labute approximate surface area is 126 Å². The average Bonchev–Trinajstić information content (AvgIpc) is 2.43. The van der Waals surface area contributed by atoms with Gasteiger partial charge in [0.25, 0.3) is 5.91 Å². The summed E-state index contributed by atoms with van der Waals surface area (Å²) in [5, 5.41) is 2.77. The van der Waals surface area contributed by atoms with E-state index in [1.165, 1.54) is 0 Å². The zero-order valence-corrected chi connectivity index (χ0v) is 12.6. The van der Waals surface area contributed by atoms with Crippen LogP contribution in [0.15, 0.2) is 46.9 Å². The lowest BCUT2D eigenvalue weighted by atomic mass is 10.2. The monoisotopic (exact) mass is 334 g/mol. The Morgan fingerprint density at radius 2 is 2.05 bits per heavy atom. The number of carbonyl (C=O) groups is 1. The van der Waals surface area contributed by atoms with Gasteiger partial charge in [-0.2, -0.15) is 0 Å². The van der Waals surface area contributed by atoms with Gasteiger partial charge in [-0.25, -0.2) is 0 Å². The van der Waals surface area contributed by atoms with Gasteiger partial charge in [0.1, 0.15) is 5.75 Å². The molecule has 4 nitrogen and oxygen atoms in total. The molecule has 1 amide bonds. The van der Waals surface area contributed by atoms with Crippen molar-refractivity contribution in [1.82, 2.24) is 0 Å². The molecule has 2 rings (SSSR count). The number of anilines is 2. The molecule has 0 fully saturated rings. The fraction of sp³-hybridized carbons (Fsp3) is 0.133. The lowest BCUT2D eigenvalue weighted by Crippen LogP contribution is -2.20. The van der Waals surface area contributed by atoms with Crippen LogP contribution in [0.3, 0.4) is 0 Å². The maximum Gasteiger partial charge on any atom is 0.262 e. The summed E-state index contributed by atoms with van der Waals surface area (Å²) in [6.45, 7) is 1.84. The van der Waals surface area contributed by atoms with Gasteiger partial charge in [0, 0.05) is 10.2 Å². The standard InChI is InChI=1S/C15H15BrN2O2/c1-10-8-11(6-7-13(10)17)20-9-15(19)18-14-5-3-2-4-12(14)16/h2-8H,9,17H2,1H3,(H,18,19). The minimum Gasteiger partial charge on any atom is -0.484 e. The molecule has 0 aromatic heterocycles. The molecule has 20 heavy (non-hydrogen) atoms. The van der Waals surface area contributed by atoms with E-state index in [9.17, 15) is 4.79 Å². The number of nitrogen functional groups attached to an aromatic ring is 1. The summed E-state index contributed by atoms with van der Waals surface area (Å²) < 4.78 is 6.26. The number of rotatable bonds is 4. The summed E-state index contributed by atoms with van der Waals surface area (Å²) in [6, 6.07) is 12.7. The van der Waals surface area contributed by atoms with Gasteiger partial charge in [0.15, 0.2) is 6.61 Å². The summed E-state index contributed by atoms with van der Waals surface area (Å²) in [6.07, 6.45) is 0. The molecule has 0 spiro atoms. The molecule has 0 saturated heterocycles. The fourth-order valence-electron chi connectivity index (χ4n) is 1.64. The van der Waals surface area contributed by atoms with Gasteiger partial charge in [-0.1, -0.05) is 12.1 Å². The maximum absolute atomic E-state index is 11.8. The maximum atomic E-state index is 11.8. The lowest BCUT2D eigenvalue weighted by Gasteiger charge is -2.09. The summed E-state index contributed by atoms with van der Waals surface area (Å²) in [5.74, 6) is 0.408. The van der Waals surface area contributed by atoms with Crippen LogP contribution in [0.4, 0.5) is 11.4 Å². The number of nitrogens with one attached hydrogen (secondary N) is 1. The van der Waals surface area contributed by atoms with E-state index in [0.717, 1.165) is 15.7 Å². The van der Waals surface area contributed by atoms with Gasteiger partial charge in [-0.05, 0) is 58.7 Å². The molecule has 0 saturated carbocycles. The molecular weight excluding hydrogens is 320 g/mol. The van der Waals surface area contributed by atoms with Gasteiger partial charge in [0.05, 0.1) is 5.69 Å². The number of ether oxygens (including phenoxy) is 1. The molecule has 3 N–H and O–H groups in total. The molecule has 0 unspecified atom stereocenters. The third-order valence-corrected chi connectivity index (χ3v) is 3.45. The first-order valence-corrected chi connectivity index (χ1v) is 6.89. The number of hydrogen-bond donors (Lipinski definition) is 2. The lowest BCUT2D eigenvalue weighted by molar-refractivity contribution is -0.118. The number of hydrogen-bond acceptors (Lipinski definition) is 3. The number of aryl methyl sites for hydroxylation is 1. The van der Waals surface area contributed by atoms with Crippen molar-refractivity contribution in [2.75, 3.05) is 17.7 Å². The van der Waals surface area contributed by atoms with E-state index in [1.807, 2.05) is 31.2 Å². The predicted octanol–water partition coefficient (Wildman–Crippen LogP) is 3.36. The molecule has 0 aliphatic heterocycles. The Morgan fingerprint density at radius 3 is 2.75 bits per heavy atom. The quantitative estimate of drug-likeness (QED) is 0.842. The second-order valence-electron chi connectivity index (χ2n) is 4.34. The van der Waals surface area contributed by atoms with E-state index in [0.29, 0.717) is 11.4 Å². The number of carbonyl (C=O) groups excluding carboxylic acids is 1. The Kier molecular flexibility index (Phi) is 4.63. The number of benzene rings is 2. The smallest absolute Gasteiger partial charge is 0.262 e. The summed E-state index contributed by atoms with van der Waals surface area (Å²) in [4.78, 5) is 11.8. The van der Waals surface area contributed by atoms with Crippen LogP contribution in [-0.2, 0) is 4.79 Å². The van der Waals surface area contributed by atoms with Crippen molar-refractivity contribution in [2.45, 2.75) is 6.92 Å². The van der Waals surface area contributed by atoms with Gasteiger partial charge in [-0.3, -0.25) is 4.79 Å². The molecule has 0 aliphatic carbocycles. The van der Waals surface area contributed by atoms with Crippen molar-refractivity contribution < 1.29 is 9.53 Å². The molecule has 2 aromatic carbocycles. The Morgan fingerprint density at radius 1 is 1.30 bits per heavy atom. The summed E-state index contributed by atoms with van der Waals surface area (Å²) >= 11 is 3.37. The van der Waals surface area contributed by atoms with Crippen LogP contribution in [0.2, 0.25) is 0 Å². The largest absolute Gasteiger partial charge is 0.484 e. The van der Waals surface area contributed by atoms with E-state index >= 15 is 0 Å². The third kappa shape index (κ3) is 3.74. The molecule has 104 valence electrons. The second-order valence-corrected chi connectivity index (χ2v) is 5.19. The van der Waals surface area contributed by atoms with Crippen LogP contribution in [-0.4, -0.2) is 12.5 Å². The van der Waals surface area contributed by atoms with E-state index in [1.54, 1.807) is 18.2 Å². The van der Waals surface area contributed by atoms with Crippen LogP contribution in [0.1, 0.15) is 5.56 Å². The fourth-order valence-corrected chi connectivity index (χ4v) is 2.02. The molecule has 2 aromatic rings. The molecule has 5 heteroatoms.